The number of aliphatic carboxylic acids is 1. The third kappa shape index (κ3) is 3.79. The van der Waals surface area contributed by atoms with Crippen molar-refractivity contribution in [3.63, 3.8) is 0 Å². The maximum Gasteiger partial charge on any atom is 0.321 e. The largest absolute Gasteiger partial charge is 0.480 e. The number of benzene rings is 1. The van der Waals surface area contributed by atoms with Gasteiger partial charge in [-0.3, -0.25) is 30.1 Å². The van der Waals surface area contributed by atoms with E-state index in [1.54, 1.807) is 4.90 Å². The summed E-state index contributed by atoms with van der Waals surface area (Å²) in [5.41, 5.74) is 6.43. The van der Waals surface area contributed by atoms with Gasteiger partial charge in [-0.2, -0.15) is 0 Å². The molecule has 0 fully saturated rings. The van der Waals surface area contributed by atoms with Crippen molar-refractivity contribution in [2.75, 3.05) is 6.54 Å². The lowest BCUT2D eigenvalue weighted by atomic mass is 9.94. The molecule has 2 rings (SSSR count). The molecule has 0 aliphatic carbocycles. The van der Waals surface area contributed by atoms with Crippen molar-refractivity contribution >= 4 is 17.8 Å². The van der Waals surface area contributed by atoms with Gasteiger partial charge in [0.25, 0.3) is 5.91 Å². The minimum Gasteiger partial charge on any atom is -0.480 e. The van der Waals surface area contributed by atoms with E-state index in [1.807, 2.05) is 24.3 Å². The highest BCUT2D eigenvalue weighted by Gasteiger charge is 2.32. The first-order valence-electron chi connectivity index (χ1n) is 6.56. The number of rotatable bonds is 3. The van der Waals surface area contributed by atoms with Gasteiger partial charge in [0.05, 0.1) is 6.54 Å². The van der Waals surface area contributed by atoms with Crippen LogP contribution in [0.4, 0.5) is 0 Å². The zero-order valence-electron chi connectivity index (χ0n) is 11.6. The van der Waals surface area contributed by atoms with Gasteiger partial charge < -0.3 is 5.11 Å². The molecule has 1 aromatic rings. The van der Waals surface area contributed by atoms with Crippen LogP contribution in [0.1, 0.15) is 18.1 Å². The summed E-state index contributed by atoms with van der Waals surface area (Å²) in [7, 11) is 0. The number of carbonyl (C=O) groups is 3. The van der Waals surface area contributed by atoms with E-state index in [1.165, 1.54) is 6.92 Å². The summed E-state index contributed by atoms with van der Waals surface area (Å²) in [6.07, 6.45) is 0.360. The van der Waals surface area contributed by atoms with Crippen LogP contribution in [0.15, 0.2) is 24.3 Å². The van der Waals surface area contributed by atoms with Gasteiger partial charge in [0.15, 0.2) is 0 Å². The number of fused-ring (bicyclic) bond motifs is 1. The van der Waals surface area contributed by atoms with Gasteiger partial charge in [-0.05, 0) is 17.5 Å². The number of amides is 2. The van der Waals surface area contributed by atoms with Crippen molar-refractivity contribution in [1.29, 1.82) is 0 Å². The number of carboxylic acids is 1. The maximum atomic E-state index is 11.7. The Labute approximate surface area is 121 Å². The third-order valence-electron chi connectivity index (χ3n) is 3.36. The molecule has 0 saturated carbocycles. The molecule has 3 N–H and O–H groups in total. The third-order valence-corrected chi connectivity index (χ3v) is 3.36. The smallest absolute Gasteiger partial charge is 0.321 e. The molecular weight excluding hydrogens is 274 g/mol. The van der Waals surface area contributed by atoms with E-state index in [9.17, 15) is 19.5 Å². The topological polar surface area (TPSA) is 98.7 Å². The zero-order valence-corrected chi connectivity index (χ0v) is 11.6. The van der Waals surface area contributed by atoms with Crippen molar-refractivity contribution < 1.29 is 19.5 Å². The minimum atomic E-state index is -0.961. The van der Waals surface area contributed by atoms with Crippen LogP contribution < -0.4 is 10.9 Å². The predicted octanol–water partition coefficient (Wildman–Crippen LogP) is -0.335. The SMILES string of the molecule is CC(=O)NNC(=O)CN1Cc2ccccc2CC1C(=O)O. The van der Waals surface area contributed by atoms with Crippen LogP contribution in [-0.2, 0) is 27.3 Å². The summed E-state index contributed by atoms with van der Waals surface area (Å²) in [4.78, 5) is 35.4. The highest BCUT2D eigenvalue weighted by atomic mass is 16.4. The monoisotopic (exact) mass is 291 g/mol. The van der Waals surface area contributed by atoms with Crippen molar-refractivity contribution in [1.82, 2.24) is 15.8 Å². The Bertz CT molecular complexity index is 573. The Morgan fingerprint density at radius 2 is 1.90 bits per heavy atom. The molecule has 7 nitrogen and oxygen atoms in total. The summed E-state index contributed by atoms with van der Waals surface area (Å²) >= 11 is 0. The summed E-state index contributed by atoms with van der Waals surface area (Å²) in [6.45, 7) is 1.57. The Balaban J connectivity index is 2.08. The van der Waals surface area contributed by atoms with E-state index in [-0.39, 0.29) is 12.5 Å². The van der Waals surface area contributed by atoms with Crippen LogP contribution >= 0.6 is 0 Å². The molecule has 112 valence electrons. The second kappa shape index (κ2) is 6.36. The molecule has 0 bridgehead atoms. The van der Waals surface area contributed by atoms with Gasteiger partial charge in [-0.25, -0.2) is 0 Å². The van der Waals surface area contributed by atoms with Gasteiger partial charge in [0, 0.05) is 13.5 Å². The van der Waals surface area contributed by atoms with E-state index in [0.29, 0.717) is 13.0 Å². The number of hydrogen-bond acceptors (Lipinski definition) is 4. The van der Waals surface area contributed by atoms with Crippen molar-refractivity contribution in [3.8, 4) is 0 Å². The van der Waals surface area contributed by atoms with Crippen molar-refractivity contribution in [3.05, 3.63) is 35.4 Å². The molecule has 0 aromatic heterocycles. The van der Waals surface area contributed by atoms with Crippen LogP contribution in [0, 0.1) is 0 Å². The maximum absolute atomic E-state index is 11.7. The number of nitrogens with one attached hydrogen (secondary N) is 2. The van der Waals surface area contributed by atoms with Crippen LogP contribution in [0.3, 0.4) is 0 Å². The first-order valence-corrected chi connectivity index (χ1v) is 6.56. The summed E-state index contributed by atoms with van der Waals surface area (Å²) < 4.78 is 0. The van der Waals surface area contributed by atoms with Crippen LogP contribution in [-0.4, -0.2) is 40.4 Å². The van der Waals surface area contributed by atoms with Crippen LogP contribution in [0.25, 0.3) is 0 Å². The lowest BCUT2D eigenvalue weighted by Gasteiger charge is -2.33. The van der Waals surface area contributed by atoms with Gasteiger partial charge in [0.1, 0.15) is 6.04 Å². The molecule has 1 aliphatic rings. The number of hydrazine groups is 1. The van der Waals surface area contributed by atoms with Gasteiger partial charge in [-0.1, -0.05) is 24.3 Å². The second-order valence-electron chi connectivity index (χ2n) is 4.96. The first-order chi connectivity index (χ1) is 9.97. The van der Waals surface area contributed by atoms with Gasteiger partial charge in [0.2, 0.25) is 5.91 Å². The van der Waals surface area contributed by atoms with E-state index >= 15 is 0 Å². The van der Waals surface area contributed by atoms with Crippen molar-refractivity contribution in [2.24, 2.45) is 0 Å². The molecule has 0 saturated heterocycles. The molecule has 1 heterocycles. The molecule has 1 aromatic carbocycles. The molecule has 1 atom stereocenters. The van der Waals surface area contributed by atoms with Crippen LogP contribution in [0.5, 0.6) is 0 Å². The van der Waals surface area contributed by atoms with Crippen molar-refractivity contribution in [2.45, 2.75) is 25.9 Å². The molecule has 0 radical (unpaired) electrons. The highest BCUT2D eigenvalue weighted by molar-refractivity contribution is 5.83. The Hall–Kier alpha value is -2.41. The lowest BCUT2D eigenvalue weighted by molar-refractivity contribution is -0.145. The average Bonchev–Trinajstić information content (AvgIpc) is 2.44. The molecule has 0 spiro atoms. The Kier molecular flexibility index (Phi) is 4.54. The number of carboxylic acid groups (broad SMARTS) is 1. The van der Waals surface area contributed by atoms with E-state index in [2.05, 4.69) is 10.9 Å². The number of carbonyl (C=O) groups excluding carboxylic acids is 2. The number of hydrogen-bond donors (Lipinski definition) is 3. The highest BCUT2D eigenvalue weighted by Crippen LogP contribution is 2.23. The van der Waals surface area contributed by atoms with E-state index in [4.69, 9.17) is 0 Å². The standard InChI is InChI=1S/C14H17N3O4/c1-9(18)15-16-13(19)8-17-7-11-5-3-2-4-10(11)6-12(17)14(20)21/h2-5,12H,6-8H2,1H3,(H,15,18)(H,16,19)(H,20,21). The fourth-order valence-electron chi connectivity index (χ4n) is 2.37. The summed E-state index contributed by atoms with van der Waals surface area (Å²) in [5, 5.41) is 9.32. The fourth-order valence-corrected chi connectivity index (χ4v) is 2.37. The zero-order chi connectivity index (χ0) is 15.4. The van der Waals surface area contributed by atoms with Gasteiger partial charge in [-0.15, -0.1) is 0 Å². The molecular formula is C14H17N3O4. The van der Waals surface area contributed by atoms with Gasteiger partial charge >= 0.3 is 5.97 Å². The Morgan fingerprint density at radius 1 is 1.24 bits per heavy atom. The first kappa shape index (κ1) is 15.0. The lowest BCUT2D eigenvalue weighted by Crippen LogP contribution is -2.52. The number of nitrogens with zero attached hydrogens (tertiary/aromatic N) is 1. The average molecular weight is 291 g/mol. The molecule has 2 amide bonds. The molecule has 21 heavy (non-hydrogen) atoms. The predicted molar refractivity (Wildman–Crippen MR) is 73.9 cm³/mol. The fraction of sp³-hybridized carbons (Fsp3) is 0.357. The molecule has 1 unspecified atom stereocenters. The summed E-state index contributed by atoms with van der Waals surface area (Å²) in [6, 6.07) is 6.83. The normalized spacial score (nSPS) is 17.7. The van der Waals surface area contributed by atoms with E-state index < -0.39 is 17.9 Å². The second-order valence-corrected chi connectivity index (χ2v) is 4.96. The van der Waals surface area contributed by atoms with E-state index in [0.717, 1.165) is 11.1 Å². The quantitative estimate of drug-likeness (QED) is 0.662. The van der Waals surface area contributed by atoms with Crippen LogP contribution in [0.2, 0.25) is 0 Å². The Morgan fingerprint density at radius 3 is 2.52 bits per heavy atom. The minimum absolute atomic E-state index is 0.0917. The summed E-state index contributed by atoms with van der Waals surface area (Å²) in [5.74, 6) is -1.80. The molecule has 7 heteroatoms. The molecule has 1 aliphatic heterocycles.